The van der Waals surface area contributed by atoms with Crippen LogP contribution in [0.15, 0.2) is 0 Å². The minimum absolute atomic E-state index is 0.517. The highest BCUT2D eigenvalue weighted by atomic mass is 31.1. The van der Waals surface area contributed by atoms with E-state index in [2.05, 4.69) is 6.07 Å². The molecule has 3 heteroatoms. The average Bonchev–Trinajstić information content (AvgIpc) is 1.81. The standard InChI is InChI=1S/C5H10NOP/c1-2-7-8-5-3-4-6/h8H,2-3,5H2,1H3. The molecule has 2 nitrogen and oxygen atoms in total. The van der Waals surface area contributed by atoms with E-state index in [0.29, 0.717) is 15.2 Å². The summed E-state index contributed by atoms with van der Waals surface area (Å²) >= 11 is 0. The van der Waals surface area contributed by atoms with Gasteiger partial charge in [-0.2, -0.15) is 5.26 Å². The summed E-state index contributed by atoms with van der Waals surface area (Å²) in [5.74, 6) is 0. The van der Waals surface area contributed by atoms with Gasteiger partial charge in [-0.25, -0.2) is 0 Å². The zero-order chi connectivity index (χ0) is 6.24. The molecule has 0 aliphatic heterocycles. The molecule has 0 heterocycles. The molecule has 0 aromatic carbocycles. The molecule has 0 amide bonds. The summed E-state index contributed by atoms with van der Waals surface area (Å²) in [5.41, 5.74) is 0. The van der Waals surface area contributed by atoms with Gasteiger partial charge in [0.25, 0.3) is 0 Å². The van der Waals surface area contributed by atoms with Crippen molar-refractivity contribution in [1.82, 2.24) is 0 Å². The molecule has 0 radical (unpaired) electrons. The third-order valence-electron chi connectivity index (χ3n) is 0.585. The number of nitrogens with zero attached hydrogens (tertiary/aromatic N) is 1. The fourth-order valence-corrected chi connectivity index (χ4v) is 0.843. The van der Waals surface area contributed by atoms with E-state index >= 15 is 0 Å². The Morgan fingerprint density at radius 2 is 2.50 bits per heavy atom. The zero-order valence-electron chi connectivity index (χ0n) is 4.98. The van der Waals surface area contributed by atoms with Gasteiger partial charge in [-0.1, -0.05) is 0 Å². The second kappa shape index (κ2) is 6.88. The highest BCUT2D eigenvalue weighted by Gasteiger charge is 1.82. The van der Waals surface area contributed by atoms with Crippen LogP contribution in [-0.4, -0.2) is 12.8 Å². The maximum Gasteiger partial charge on any atom is 0.0626 e. The second-order valence-electron chi connectivity index (χ2n) is 1.24. The van der Waals surface area contributed by atoms with Crippen LogP contribution >= 0.6 is 8.81 Å². The van der Waals surface area contributed by atoms with Crippen LogP contribution in [0.1, 0.15) is 13.3 Å². The van der Waals surface area contributed by atoms with Gasteiger partial charge in [0.05, 0.1) is 6.07 Å². The molecule has 0 rings (SSSR count). The molecule has 1 unspecified atom stereocenters. The first-order valence-electron chi connectivity index (χ1n) is 2.63. The lowest BCUT2D eigenvalue weighted by atomic mass is 10.6. The fourth-order valence-electron chi connectivity index (χ4n) is 0.281. The van der Waals surface area contributed by atoms with E-state index in [-0.39, 0.29) is 0 Å². The normalized spacial score (nSPS) is 10.0. The third-order valence-corrected chi connectivity index (χ3v) is 1.53. The molecule has 0 fully saturated rings. The molecule has 0 saturated carbocycles. The van der Waals surface area contributed by atoms with E-state index < -0.39 is 0 Å². The van der Waals surface area contributed by atoms with Crippen molar-refractivity contribution in [2.75, 3.05) is 12.8 Å². The molecule has 0 saturated heterocycles. The first kappa shape index (κ1) is 7.88. The molecule has 0 spiro atoms. The van der Waals surface area contributed by atoms with Crippen molar-refractivity contribution in [1.29, 1.82) is 5.26 Å². The van der Waals surface area contributed by atoms with Crippen LogP contribution in [-0.2, 0) is 4.52 Å². The molecular formula is C5H10NOP. The van der Waals surface area contributed by atoms with Gasteiger partial charge >= 0.3 is 0 Å². The summed E-state index contributed by atoms with van der Waals surface area (Å²) in [7, 11) is 0.517. The summed E-state index contributed by atoms with van der Waals surface area (Å²) < 4.78 is 5.01. The van der Waals surface area contributed by atoms with Gasteiger partial charge in [0.2, 0.25) is 0 Å². The largest absolute Gasteiger partial charge is 0.363 e. The fraction of sp³-hybridized carbons (Fsp3) is 0.800. The second-order valence-corrected chi connectivity index (χ2v) is 2.31. The Kier molecular flexibility index (Phi) is 6.78. The van der Waals surface area contributed by atoms with Crippen LogP contribution in [0, 0.1) is 11.3 Å². The van der Waals surface area contributed by atoms with E-state index in [1.54, 1.807) is 0 Å². The van der Waals surface area contributed by atoms with Gasteiger partial charge in [-0.05, 0) is 6.92 Å². The van der Waals surface area contributed by atoms with Crippen molar-refractivity contribution in [3.8, 4) is 6.07 Å². The first-order chi connectivity index (χ1) is 3.91. The lowest BCUT2D eigenvalue weighted by Crippen LogP contribution is -1.77. The van der Waals surface area contributed by atoms with Crippen molar-refractivity contribution in [2.24, 2.45) is 0 Å². The van der Waals surface area contributed by atoms with Crippen molar-refractivity contribution in [3.05, 3.63) is 0 Å². The molecule has 0 aromatic heterocycles. The van der Waals surface area contributed by atoms with E-state index in [1.807, 2.05) is 6.92 Å². The minimum atomic E-state index is 0.517. The van der Waals surface area contributed by atoms with Crippen LogP contribution < -0.4 is 0 Å². The van der Waals surface area contributed by atoms with Gasteiger partial charge in [0, 0.05) is 28.0 Å². The molecule has 0 N–H and O–H groups in total. The lowest BCUT2D eigenvalue weighted by Gasteiger charge is -1.93. The number of nitriles is 1. The third kappa shape index (κ3) is 5.88. The highest BCUT2D eigenvalue weighted by molar-refractivity contribution is 7.32. The minimum Gasteiger partial charge on any atom is -0.363 e. The maximum absolute atomic E-state index is 8.06. The van der Waals surface area contributed by atoms with Gasteiger partial charge in [0.1, 0.15) is 0 Å². The van der Waals surface area contributed by atoms with E-state index in [9.17, 15) is 0 Å². The van der Waals surface area contributed by atoms with Crippen LogP contribution in [0.4, 0.5) is 0 Å². The quantitative estimate of drug-likeness (QED) is 0.428. The van der Waals surface area contributed by atoms with E-state index in [1.165, 1.54) is 0 Å². The summed E-state index contributed by atoms with van der Waals surface area (Å²) in [6, 6.07) is 2.05. The molecule has 0 aromatic rings. The zero-order valence-corrected chi connectivity index (χ0v) is 5.98. The topological polar surface area (TPSA) is 33.0 Å². The summed E-state index contributed by atoms with van der Waals surface area (Å²) in [6.07, 6.45) is 1.52. The van der Waals surface area contributed by atoms with Crippen LogP contribution in [0.5, 0.6) is 0 Å². The molecular weight excluding hydrogens is 121 g/mol. The first-order valence-corrected chi connectivity index (χ1v) is 3.75. The Hall–Kier alpha value is -0.120. The predicted molar refractivity (Wildman–Crippen MR) is 35.0 cm³/mol. The van der Waals surface area contributed by atoms with Crippen molar-refractivity contribution in [3.63, 3.8) is 0 Å². The summed E-state index contributed by atoms with van der Waals surface area (Å²) in [6.45, 7) is 2.73. The highest BCUT2D eigenvalue weighted by Crippen LogP contribution is 2.10. The number of hydrogen-bond donors (Lipinski definition) is 0. The van der Waals surface area contributed by atoms with Crippen LogP contribution in [0.2, 0.25) is 0 Å². The molecule has 0 aliphatic carbocycles. The SMILES string of the molecule is CCOPCCC#N. The maximum atomic E-state index is 8.06. The van der Waals surface area contributed by atoms with Crippen molar-refractivity contribution < 1.29 is 4.52 Å². The summed E-state index contributed by atoms with van der Waals surface area (Å²) in [5, 5.41) is 8.06. The van der Waals surface area contributed by atoms with Crippen LogP contribution in [0.25, 0.3) is 0 Å². The molecule has 8 heavy (non-hydrogen) atoms. The van der Waals surface area contributed by atoms with Crippen LogP contribution in [0.3, 0.4) is 0 Å². The van der Waals surface area contributed by atoms with Crippen molar-refractivity contribution in [2.45, 2.75) is 13.3 Å². The van der Waals surface area contributed by atoms with Gasteiger partial charge in [-0.3, -0.25) is 0 Å². The number of rotatable bonds is 4. The van der Waals surface area contributed by atoms with Gasteiger partial charge < -0.3 is 4.52 Å². The predicted octanol–water partition coefficient (Wildman–Crippen LogP) is 1.53. The molecule has 0 bridgehead atoms. The Balaban J connectivity index is 2.65. The van der Waals surface area contributed by atoms with Gasteiger partial charge in [-0.15, -0.1) is 0 Å². The van der Waals surface area contributed by atoms with E-state index in [0.717, 1.165) is 12.8 Å². The Morgan fingerprint density at radius 3 is 3.00 bits per heavy atom. The molecule has 1 atom stereocenters. The van der Waals surface area contributed by atoms with Crippen molar-refractivity contribution >= 4 is 8.81 Å². The lowest BCUT2D eigenvalue weighted by molar-refractivity contribution is 0.389. The van der Waals surface area contributed by atoms with Gasteiger partial charge in [0.15, 0.2) is 0 Å². The average molecular weight is 131 g/mol. The molecule has 46 valence electrons. The Bertz CT molecular complexity index is 79.0. The monoisotopic (exact) mass is 131 g/mol. The smallest absolute Gasteiger partial charge is 0.0626 e. The number of hydrogen-bond acceptors (Lipinski definition) is 2. The summed E-state index contributed by atoms with van der Waals surface area (Å²) in [4.78, 5) is 0. The molecule has 0 aliphatic rings. The Labute approximate surface area is 51.7 Å². The Morgan fingerprint density at radius 1 is 1.75 bits per heavy atom. The van der Waals surface area contributed by atoms with E-state index in [4.69, 9.17) is 9.79 Å².